The molecule has 0 aromatic heterocycles. The standard InChI is InChI=1S/C15H21Cl2NO/c1-2-18-12-4-6-13(7-5-12)19-10-11-3-8-14(16)15(17)9-11/h3,8-9,12-13,18H,2,4-7,10H2,1H3. The van der Waals surface area contributed by atoms with E-state index < -0.39 is 0 Å². The minimum absolute atomic E-state index is 0.379. The number of ether oxygens (including phenoxy) is 1. The lowest BCUT2D eigenvalue weighted by atomic mass is 9.93. The Morgan fingerprint density at radius 1 is 1.16 bits per heavy atom. The maximum atomic E-state index is 5.99. The fraction of sp³-hybridized carbons (Fsp3) is 0.600. The topological polar surface area (TPSA) is 21.3 Å². The third kappa shape index (κ3) is 4.64. The molecule has 2 nitrogen and oxygen atoms in total. The van der Waals surface area contributed by atoms with E-state index in [1.807, 2.05) is 18.2 Å². The lowest BCUT2D eigenvalue weighted by molar-refractivity contribution is 0.0115. The second-order valence-electron chi connectivity index (χ2n) is 5.09. The highest BCUT2D eigenvalue weighted by atomic mass is 35.5. The van der Waals surface area contributed by atoms with Crippen LogP contribution in [0.5, 0.6) is 0 Å². The largest absolute Gasteiger partial charge is 0.374 e. The highest BCUT2D eigenvalue weighted by molar-refractivity contribution is 6.42. The average Bonchev–Trinajstić information content (AvgIpc) is 2.42. The zero-order chi connectivity index (χ0) is 13.7. The Balaban J connectivity index is 1.75. The highest BCUT2D eigenvalue weighted by Gasteiger charge is 2.20. The smallest absolute Gasteiger partial charge is 0.0721 e. The molecule has 0 spiro atoms. The molecule has 0 unspecified atom stereocenters. The summed E-state index contributed by atoms with van der Waals surface area (Å²) in [7, 11) is 0. The van der Waals surface area contributed by atoms with E-state index in [0.29, 0.717) is 28.8 Å². The van der Waals surface area contributed by atoms with E-state index in [9.17, 15) is 0 Å². The van der Waals surface area contributed by atoms with Crippen LogP contribution in [0, 0.1) is 0 Å². The fourth-order valence-corrected chi connectivity index (χ4v) is 2.89. The van der Waals surface area contributed by atoms with Gasteiger partial charge < -0.3 is 10.1 Å². The molecule has 1 saturated carbocycles. The third-order valence-electron chi connectivity index (χ3n) is 3.64. The van der Waals surface area contributed by atoms with Gasteiger partial charge in [0.1, 0.15) is 0 Å². The van der Waals surface area contributed by atoms with Crippen LogP contribution in [-0.2, 0) is 11.3 Å². The number of halogens is 2. The Hall–Kier alpha value is -0.280. The van der Waals surface area contributed by atoms with E-state index in [1.165, 1.54) is 12.8 Å². The van der Waals surface area contributed by atoms with Crippen molar-refractivity contribution < 1.29 is 4.74 Å². The van der Waals surface area contributed by atoms with Gasteiger partial charge in [-0.2, -0.15) is 0 Å². The van der Waals surface area contributed by atoms with Gasteiger partial charge in [0.05, 0.1) is 22.8 Å². The Morgan fingerprint density at radius 2 is 1.89 bits per heavy atom. The summed E-state index contributed by atoms with van der Waals surface area (Å²) in [5, 5.41) is 4.69. The minimum atomic E-state index is 0.379. The van der Waals surface area contributed by atoms with Crippen molar-refractivity contribution in [3.8, 4) is 0 Å². The van der Waals surface area contributed by atoms with Gasteiger partial charge in [0.25, 0.3) is 0 Å². The lowest BCUT2D eigenvalue weighted by Crippen LogP contribution is -2.35. The van der Waals surface area contributed by atoms with Crippen LogP contribution in [0.3, 0.4) is 0 Å². The first-order chi connectivity index (χ1) is 9.19. The zero-order valence-electron chi connectivity index (χ0n) is 11.3. The Kier molecular flexibility index (Phi) is 5.96. The molecule has 1 fully saturated rings. The molecule has 0 heterocycles. The van der Waals surface area contributed by atoms with Crippen LogP contribution in [0.4, 0.5) is 0 Å². The monoisotopic (exact) mass is 301 g/mol. The number of hydrogen-bond donors (Lipinski definition) is 1. The van der Waals surface area contributed by atoms with Crippen LogP contribution in [0.15, 0.2) is 18.2 Å². The molecule has 0 radical (unpaired) electrons. The summed E-state index contributed by atoms with van der Waals surface area (Å²) in [5.74, 6) is 0. The summed E-state index contributed by atoms with van der Waals surface area (Å²) >= 11 is 11.9. The molecule has 0 amide bonds. The average molecular weight is 302 g/mol. The second-order valence-corrected chi connectivity index (χ2v) is 5.91. The van der Waals surface area contributed by atoms with E-state index in [0.717, 1.165) is 24.9 Å². The van der Waals surface area contributed by atoms with Crippen molar-refractivity contribution in [1.82, 2.24) is 5.32 Å². The summed E-state index contributed by atoms with van der Waals surface area (Å²) in [6, 6.07) is 6.35. The van der Waals surface area contributed by atoms with E-state index in [1.54, 1.807) is 0 Å². The van der Waals surface area contributed by atoms with Gasteiger partial charge in [-0.1, -0.05) is 36.2 Å². The van der Waals surface area contributed by atoms with Gasteiger partial charge in [-0.15, -0.1) is 0 Å². The van der Waals surface area contributed by atoms with Crippen LogP contribution < -0.4 is 5.32 Å². The Morgan fingerprint density at radius 3 is 2.53 bits per heavy atom. The molecule has 0 bridgehead atoms. The Bertz CT molecular complexity index is 403. The second kappa shape index (κ2) is 7.49. The number of hydrogen-bond acceptors (Lipinski definition) is 2. The molecule has 1 aliphatic carbocycles. The van der Waals surface area contributed by atoms with Crippen molar-refractivity contribution in [2.75, 3.05) is 6.54 Å². The molecule has 19 heavy (non-hydrogen) atoms. The molecule has 106 valence electrons. The quantitative estimate of drug-likeness (QED) is 0.868. The van der Waals surface area contributed by atoms with Gasteiger partial charge in [-0.05, 0) is 49.9 Å². The summed E-state index contributed by atoms with van der Waals surface area (Å²) < 4.78 is 5.96. The van der Waals surface area contributed by atoms with Crippen molar-refractivity contribution in [3.63, 3.8) is 0 Å². The predicted octanol–water partition coefficient (Wildman–Crippen LogP) is 4.43. The van der Waals surface area contributed by atoms with Gasteiger partial charge in [0, 0.05) is 6.04 Å². The first-order valence-corrected chi connectivity index (χ1v) is 7.73. The van der Waals surface area contributed by atoms with Crippen LogP contribution in [0.1, 0.15) is 38.2 Å². The number of benzene rings is 1. The molecule has 4 heteroatoms. The van der Waals surface area contributed by atoms with Crippen molar-refractivity contribution in [2.24, 2.45) is 0 Å². The van der Waals surface area contributed by atoms with E-state index in [2.05, 4.69) is 12.2 Å². The molecule has 2 rings (SSSR count). The van der Waals surface area contributed by atoms with Gasteiger partial charge in [-0.3, -0.25) is 0 Å². The molecule has 0 atom stereocenters. The third-order valence-corrected chi connectivity index (χ3v) is 4.38. The predicted molar refractivity (Wildman–Crippen MR) is 81.0 cm³/mol. The normalized spacial score (nSPS) is 23.5. The van der Waals surface area contributed by atoms with Crippen LogP contribution in [0.25, 0.3) is 0 Å². The molecule has 1 N–H and O–H groups in total. The van der Waals surface area contributed by atoms with Crippen LogP contribution in [0.2, 0.25) is 10.0 Å². The maximum Gasteiger partial charge on any atom is 0.0721 e. The van der Waals surface area contributed by atoms with Crippen molar-refractivity contribution in [3.05, 3.63) is 33.8 Å². The van der Waals surface area contributed by atoms with E-state index in [4.69, 9.17) is 27.9 Å². The summed E-state index contributed by atoms with van der Waals surface area (Å²) in [6.45, 7) is 3.83. The van der Waals surface area contributed by atoms with Gasteiger partial charge >= 0.3 is 0 Å². The number of nitrogens with one attached hydrogen (secondary N) is 1. The lowest BCUT2D eigenvalue weighted by Gasteiger charge is -2.29. The molecule has 1 aliphatic rings. The number of rotatable bonds is 5. The van der Waals surface area contributed by atoms with Crippen LogP contribution >= 0.6 is 23.2 Å². The molecule has 1 aromatic carbocycles. The molecule has 0 aliphatic heterocycles. The Labute approximate surface area is 125 Å². The van der Waals surface area contributed by atoms with Crippen molar-refractivity contribution >= 4 is 23.2 Å². The van der Waals surface area contributed by atoms with Gasteiger partial charge in [0.2, 0.25) is 0 Å². The molecule has 0 saturated heterocycles. The maximum absolute atomic E-state index is 5.99. The molecule has 1 aromatic rings. The van der Waals surface area contributed by atoms with E-state index in [-0.39, 0.29) is 0 Å². The van der Waals surface area contributed by atoms with Gasteiger partial charge in [-0.25, -0.2) is 0 Å². The summed E-state index contributed by atoms with van der Waals surface area (Å²) in [5.41, 5.74) is 1.09. The summed E-state index contributed by atoms with van der Waals surface area (Å²) in [4.78, 5) is 0. The molecular formula is C15H21Cl2NO. The van der Waals surface area contributed by atoms with Crippen molar-refractivity contribution in [1.29, 1.82) is 0 Å². The fourth-order valence-electron chi connectivity index (χ4n) is 2.57. The molecular weight excluding hydrogens is 281 g/mol. The van der Waals surface area contributed by atoms with E-state index >= 15 is 0 Å². The first-order valence-electron chi connectivity index (χ1n) is 6.98. The van der Waals surface area contributed by atoms with Crippen molar-refractivity contribution in [2.45, 2.75) is 51.4 Å². The first kappa shape index (κ1) is 15.1. The summed E-state index contributed by atoms with van der Waals surface area (Å²) in [6.07, 6.45) is 5.07. The SMILES string of the molecule is CCNC1CCC(OCc2ccc(Cl)c(Cl)c2)CC1. The van der Waals surface area contributed by atoms with Gasteiger partial charge in [0.15, 0.2) is 0 Å². The zero-order valence-corrected chi connectivity index (χ0v) is 12.8. The van der Waals surface area contributed by atoms with Crippen LogP contribution in [-0.4, -0.2) is 18.7 Å². The minimum Gasteiger partial charge on any atom is -0.374 e. The highest BCUT2D eigenvalue weighted by Crippen LogP contribution is 2.25.